The smallest absolute Gasteiger partial charge is 0.235 e. The Balaban J connectivity index is 1.79. The monoisotopic (exact) mass is 585 g/mol. The average molecular weight is 586 g/mol. The van der Waals surface area contributed by atoms with E-state index in [-0.39, 0.29) is 36.4 Å². The molecule has 0 spiro atoms. The van der Waals surface area contributed by atoms with Crippen LogP contribution in [0.1, 0.15) is 35.2 Å². The Kier molecular flexibility index (Phi) is 8.33. The Morgan fingerprint density at radius 3 is 2.26 bits per heavy atom. The number of nitrogens with one attached hydrogen (secondary N) is 1. The fourth-order valence-electron chi connectivity index (χ4n) is 6.92. The highest BCUT2D eigenvalue weighted by Crippen LogP contribution is 2.52. The van der Waals surface area contributed by atoms with Crippen molar-refractivity contribution in [3.05, 3.63) is 17.2 Å². The second-order valence-corrected chi connectivity index (χ2v) is 12.3. The predicted molar refractivity (Wildman–Crippen MR) is 152 cm³/mol. The summed E-state index contributed by atoms with van der Waals surface area (Å²) in [6, 6.07) is 0.402. The number of benzene rings is 1. The van der Waals surface area contributed by atoms with Gasteiger partial charge in [0, 0.05) is 32.1 Å². The van der Waals surface area contributed by atoms with Crippen molar-refractivity contribution in [1.82, 2.24) is 9.80 Å². The Morgan fingerprint density at radius 2 is 1.71 bits per heavy atom. The molecule has 2 saturated carbocycles. The fraction of sp³-hybridized carbons (Fsp3) is 0.586. The van der Waals surface area contributed by atoms with Crippen molar-refractivity contribution in [2.75, 3.05) is 59.0 Å². The molecular weight excluding hydrogens is 546 g/mol. The van der Waals surface area contributed by atoms with Crippen molar-refractivity contribution in [3.8, 4) is 5.75 Å². The third-order valence-electron chi connectivity index (χ3n) is 8.80. The number of hydrogen-bond donors (Lipinski definition) is 4. The number of ketones is 4. The lowest BCUT2D eigenvalue weighted by Crippen LogP contribution is -2.74. The van der Waals surface area contributed by atoms with Gasteiger partial charge in [-0.05, 0) is 71.5 Å². The molecule has 4 rings (SSSR count). The summed E-state index contributed by atoms with van der Waals surface area (Å²) in [7, 11) is 10.3. The first-order valence-corrected chi connectivity index (χ1v) is 13.9. The van der Waals surface area contributed by atoms with Crippen LogP contribution in [0.2, 0.25) is 0 Å². The maximum atomic E-state index is 14.1. The lowest BCUT2D eigenvalue weighted by molar-refractivity contribution is -0.181. The maximum absolute atomic E-state index is 14.1. The van der Waals surface area contributed by atoms with Crippen LogP contribution in [0.4, 0.5) is 11.4 Å². The molecule has 5 N–H and O–H groups in total. The van der Waals surface area contributed by atoms with E-state index in [9.17, 15) is 39.0 Å². The number of nitrogens with zero attached hydrogens (tertiary/aromatic N) is 3. The van der Waals surface area contributed by atoms with Crippen molar-refractivity contribution < 1.29 is 39.0 Å². The Bertz CT molecular complexity index is 1370. The number of anilines is 2. The largest absolute Gasteiger partial charge is 0.505 e. The quantitative estimate of drug-likeness (QED) is 0.221. The van der Waals surface area contributed by atoms with Gasteiger partial charge in [0.2, 0.25) is 11.8 Å². The number of rotatable bonds is 8. The number of aromatic hydroxyl groups is 1. The van der Waals surface area contributed by atoms with Crippen LogP contribution >= 0.6 is 0 Å². The molecule has 0 saturated heterocycles. The van der Waals surface area contributed by atoms with Crippen LogP contribution in [0.15, 0.2) is 6.07 Å². The zero-order chi connectivity index (χ0) is 31.4. The molecule has 13 heteroatoms. The van der Waals surface area contributed by atoms with Crippen LogP contribution in [0.3, 0.4) is 0 Å². The van der Waals surface area contributed by atoms with Crippen molar-refractivity contribution in [2.24, 2.45) is 29.4 Å². The zero-order valence-electron chi connectivity index (χ0n) is 24.8. The van der Waals surface area contributed by atoms with Crippen molar-refractivity contribution in [2.45, 2.75) is 37.3 Å². The van der Waals surface area contributed by atoms with Crippen LogP contribution in [0, 0.1) is 23.7 Å². The molecule has 0 radical (unpaired) electrons. The molecule has 6 atom stereocenters. The molecule has 0 heterocycles. The summed E-state index contributed by atoms with van der Waals surface area (Å²) in [5, 5.41) is 25.6. The highest BCUT2D eigenvalue weighted by Gasteiger charge is 2.69. The highest BCUT2D eigenvalue weighted by atomic mass is 16.3. The van der Waals surface area contributed by atoms with Crippen molar-refractivity contribution in [1.29, 1.82) is 0 Å². The minimum absolute atomic E-state index is 0.000228. The van der Waals surface area contributed by atoms with Gasteiger partial charge in [-0.25, -0.2) is 0 Å². The van der Waals surface area contributed by atoms with E-state index >= 15 is 0 Å². The van der Waals surface area contributed by atoms with Gasteiger partial charge in [0.1, 0.15) is 5.75 Å². The van der Waals surface area contributed by atoms with Gasteiger partial charge in [0.15, 0.2) is 34.7 Å². The van der Waals surface area contributed by atoms with E-state index in [1.807, 2.05) is 19.0 Å². The number of likely N-dealkylation sites (N-methyl/N-ethyl adjacent to an activating group) is 1. The van der Waals surface area contributed by atoms with Gasteiger partial charge in [-0.3, -0.25) is 33.7 Å². The summed E-state index contributed by atoms with van der Waals surface area (Å²) in [6.07, 6.45) is 0.830. The van der Waals surface area contributed by atoms with E-state index in [1.165, 1.54) is 19.0 Å². The number of carbonyl (C=O) groups excluding carboxylic acids is 6. The molecule has 13 nitrogen and oxygen atoms in total. The first kappa shape index (κ1) is 31.3. The highest BCUT2D eigenvalue weighted by molar-refractivity contribution is 6.32. The molecule has 228 valence electrons. The minimum Gasteiger partial charge on any atom is -0.505 e. The van der Waals surface area contributed by atoms with E-state index in [1.54, 1.807) is 25.1 Å². The van der Waals surface area contributed by atoms with E-state index in [0.717, 1.165) is 0 Å². The standard InChI is InChI=1S/C29H39N5O8/c1-32(2)9-7-8-18(35)31-16-12-17(33(3)4)14-10-13-11-15-22(34(5)6)25(38)21(28(30)41)27(40)29(15,42)26(39)19(13)24(37)20(14)23(16)36/h12-13,15,19,21-22,36,42H,7-11H2,1-6H3,(H2,30,41)(H,31,35)/t13?,15?,19?,21?,22-,29-/m0/s1. The molecule has 0 aliphatic heterocycles. The number of phenols is 1. The molecule has 0 aromatic heterocycles. The van der Waals surface area contributed by atoms with E-state index in [2.05, 4.69) is 5.32 Å². The number of nitrogens with two attached hydrogens (primary N) is 1. The number of carbonyl (C=O) groups is 6. The van der Waals surface area contributed by atoms with E-state index < -0.39 is 70.1 Å². The second-order valence-electron chi connectivity index (χ2n) is 12.3. The fourth-order valence-corrected chi connectivity index (χ4v) is 6.92. The van der Waals surface area contributed by atoms with Crippen molar-refractivity contribution in [3.63, 3.8) is 0 Å². The number of fused-ring (bicyclic) bond motifs is 3. The minimum atomic E-state index is -2.80. The third kappa shape index (κ3) is 4.88. The lowest BCUT2D eigenvalue weighted by atomic mass is 9.52. The number of primary amides is 1. The van der Waals surface area contributed by atoms with Crippen LogP contribution in [-0.4, -0.2) is 115 Å². The van der Waals surface area contributed by atoms with Gasteiger partial charge in [0.25, 0.3) is 0 Å². The van der Waals surface area contributed by atoms with Gasteiger partial charge in [-0.2, -0.15) is 0 Å². The maximum Gasteiger partial charge on any atom is 0.235 e. The predicted octanol–water partition coefficient (Wildman–Crippen LogP) is -0.787. The normalized spacial score (nSPS) is 28.8. The first-order chi connectivity index (χ1) is 19.5. The summed E-state index contributed by atoms with van der Waals surface area (Å²) < 4.78 is 0. The summed E-state index contributed by atoms with van der Waals surface area (Å²) in [5.41, 5.74) is 3.39. The molecule has 1 aromatic carbocycles. The molecule has 2 fully saturated rings. The Labute approximate surface area is 244 Å². The topological polar surface area (TPSA) is 191 Å². The molecular formula is C29H39N5O8. The zero-order valence-corrected chi connectivity index (χ0v) is 24.8. The summed E-state index contributed by atoms with van der Waals surface area (Å²) in [6.45, 7) is 0.676. The molecule has 42 heavy (non-hydrogen) atoms. The first-order valence-electron chi connectivity index (χ1n) is 13.9. The molecule has 2 amide bonds. The van der Waals surface area contributed by atoms with Crippen molar-refractivity contribution >= 4 is 46.3 Å². The molecule has 0 bridgehead atoms. The lowest BCUT2D eigenvalue weighted by Gasteiger charge is -2.52. The molecule has 1 aromatic rings. The molecule has 4 unspecified atom stereocenters. The van der Waals surface area contributed by atoms with Gasteiger partial charge in [-0.1, -0.05) is 0 Å². The van der Waals surface area contributed by atoms with Gasteiger partial charge in [0.05, 0.1) is 23.2 Å². The summed E-state index contributed by atoms with van der Waals surface area (Å²) >= 11 is 0. The molecule has 3 aliphatic rings. The van der Waals surface area contributed by atoms with E-state index in [0.29, 0.717) is 24.2 Å². The van der Waals surface area contributed by atoms with Gasteiger partial charge in [-0.15, -0.1) is 0 Å². The average Bonchev–Trinajstić information content (AvgIpc) is 2.87. The number of phenolic OH excluding ortho intramolecular Hbond substituents is 1. The summed E-state index contributed by atoms with van der Waals surface area (Å²) in [5.74, 6) is -11.6. The van der Waals surface area contributed by atoms with Crippen LogP contribution in [-0.2, 0) is 30.4 Å². The van der Waals surface area contributed by atoms with Crippen LogP contribution in [0.5, 0.6) is 5.75 Å². The molecule has 3 aliphatic carbocycles. The van der Waals surface area contributed by atoms with Gasteiger partial charge >= 0.3 is 0 Å². The Morgan fingerprint density at radius 1 is 1.07 bits per heavy atom. The van der Waals surface area contributed by atoms with Gasteiger partial charge < -0.3 is 31.1 Å². The SMILES string of the molecule is CN(C)CCCC(=O)Nc1cc(N(C)C)c2c(c1O)C(=O)C1C(=O)[C@]3(O)C(=O)C(C(N)=O)C(=O)[C@@H](N(C)C)C3CC1C2. The number of Topliss-reactive ketones (excluding diaryl/α,β-unsaturated/α-hetero) is 4. The number of hydrogen-bond acceptors (Lipinski definition) is 11. The Hall–Kier alpha value is -3.68. The van der Waals surface area contributed by atoms with Crippen LogP contribution < -0.4 is 16.0 Å². The number of aliphatic hydroxyl groups is 1. The number of amides is 2. The van der Waals surface area contributed by atoms with E-state index in [4.69, 9.17) is 5.73 Å². The summed E-state index contributed by atoms with van der Waals surface area (Å²) in [4.78, 5) is 84.6. The third-order valence-corrected chi connectivity index (χ3v) is 8.80. The van der Waals surface area contributed by atoms with Crippen LogP contribution in [0.25, 0.3) is 0 Å². The second kappa shape index (κ2) is 11.2.